The SMILES string of the molecule is CCCCCCCCC(C#CO)CCCCCCC. The molecule has 0 spiro atoms. The summed E-state index contributed by atoms with van der Waals surface area (Å²) in [6, 6.07) is 0. The van der Waals surface area contributed by atoms with Crippen LogP contribution in [-0.4, -0.2) is 5.11 Å². The quantitative estimate of drug-likeness (QED) is 0.318. The van der Waals surface area contributed by atoms with Gasteiger partial charge >= 0.3 is 0 Å². The molecular formula is C18H34O. The summed E-state index contributed by atoms with van der Waals surface area (Å²) in [5, 5.41) is 8.79. The lowest BCUT2D eigenvalue weighted by molar-refractivity contribution is 0.467. The summed E-state index contributed by atoms with van der Waals surface area (Å²) in [7, 11) is 0. The third-order valence-electron chi connectivity index (χ3n) is 3.83. The van der Waals surface area contributed by atoms with E-state index in [-0.39, 0.29) is 0 Å². The molecule has 0 fully saturated rings. The highest BCUT2D eigenvalue weighted by Crippen LogP contribution is 2.18. The minimum Gasteiger partial charge on any atom is -0.462 e. The Morgan fingerprint density at radius 3 is 1.53 bits per heavy atom. The number of aliphatic hydroxyl groups excluding tert-OH is 1. The van der Waals surface area contributed by atoms with Crippen molar-refractivity contribution in [2.24, 2.45) is 5.92 Å². The minimum absolute atomic E-state index is 0.429. The highest BCUT2D eigenvalue weighted by atomic mass is 16.2. The monoisotopic (exact) mass is 266 g/mol. The van der Waals surface area contributed by atoms with Crippen LogP contribution in [0.15, 0.2) is 0 Å². The lowest BCUT2D eigenvalue weighted by atomic mass is 9.95. The van der Waals surface area contributed by atoms with Gasteiger partial charge in [0, 0.05) is 5.92 Å². The second-order valence-electron chi connectivity index (χ2n) is 5.71. The van der Waals surface area contributed by atoms with Crippen LogP contribution in [0, 0.1) is 17.9 Å². The van der Waals surface area contributed by atoms with E-state index in [4.69, 9.17) is 5.11 Å². The number of unbranched alkanes of at least 4 members (excludes halogenated alkanes) is 9. The first-order valence-corrected chi connectivity index (χ1v) is 8.49. The molecule has 0 aliphatic carbocycles. The van der Waals surface area contributed by atoms with Crippen LogP contribution in [0.25, 0.3) is 0 Å². The topological polar surface area (TPSA) is 20.2 Å². The van der Waals surface area contributed by atoms with Gasteiger partial charge in [0.05, 0.1) is 0 Å². The van der Waals surface area contributed by atoms with E-state index in [1.54, 1.807) is 0 Å². The maximum Gasteiger partial charge on any atom is 0.107 e. The molecule has 0 heterocycles. The summed E-state index contributed by atoms with van der Waals surface area (Å²) in [6.07, 6.45) is 19.1. The summed E-state index contributed by atoms with van der Waals surface area (Å²) >= 11 is 0. The molecule has 0 saturated carbocycles. The van der Waals surface area contributed by atoms with E-state index in [1.807, 2.05) is 0 Å². The van der Waals surface area contributed by atoms with Gasteiger partial charge in [-0.1, -0.05) is 90.4 Å². The molecule has 0 bridgehead atoms. The molecule has 1 atom stereocenters. The Bertz CT molecular complexity index is 224. The zero-order valence-electron chi connectivity index (χ0n) is 13.2. The molecule has 0 aromatic carbocycles. The van der Waals surface area contributed by atoms with Crippen LogP contribution in [0.3, 0.4) is 0 Å². The predicted octanol–water partition coefficient (Wildman–Crippen LogP) is 6.05. The Morgan fingerprint density at radius 2 is 1.11 bits per heavy atom. The lowest BCUT2D eigenvalue weighted by Crippen LogP contribution is -1.98. The summed E-state index contributed by atoms with van der Waals surface area (Å²) in [4.78, 5) is 0. The molecule has 0 aromatic rings. The Kier molecular flexibility index (Phi) is 14.9. The highest BCUT2D eigenvalue weighted by molar-refractivity contribution is 4.96. The molecular weight excluding hydrogens is 232 g/mol. The largest absolute Gasteiger partial charge is 0.462 e. The van der Waals surface area contributed by atoms with Crippen molar-refractivity contribution in [1.29, 1.82) is 0 Å². The van der Waals surface area contributed by atoms with Gasteiger partial charge in [0.25, 0.3) is 0 Å². The van der Waals surface area contributed by atoms with E-state index >= 15 is 0 Å². The summed E-state index contributed by atoms with van der Waals surface area (Å²) in [5.74, 6) is 3.41. The predicted molar refractivity (Wildman–Crippen MR) is 84.6 cm³/mol. The first-order chi connectivity index (χ1) is 9.35. The van der Waals surface area contributed by atoms with Crippen LogP contribution < -0.4 is 0 Å². The van der Waals surface area contributed by atoms with Crippen LogP contribution in [0.2, 0.25) is 0 Å². The van der Waals surface area contributed by atoms with Gasteiger partial charge < -0.3 is 5.11 Å². The van der Waals surface area contributed by atoms with Gasteiger partial charge in [-0.25, -0.2) is 0 Å². The van der Waals surface area contributed by atoms with E-state index in [0.717, 1.165) is 0 Å². The average molecular weight is 266 g/mol. The van der Waals surface area contributed by atoms with Crippen molar-refractivity contribution in [2.75, 3.05) is 0 Å². The molecule has 0 aromatic heterocycles. The second-order valence-corrected chi connectivity index (χ2v) is 5.71. The van der Waals surface area contributed by atoms with Gasteiger partial charge in [-0.05, 0) is 12.8 Å². The van der Waals surface area contributed by atoms with E-state index in [2.05, 4.69) is 25.9 Å². The summed E-state index contributed by atoms with van der Waals surface area (Å²) < 4.78 is 0. The first-order valence-electron chi connectivity index (χ1n) is 8.49. The smallest absolute Gasteiger partial charge is 0.107 e. The fourth-order valence-corrected chi connectivity index (χ4v) is 2.55. The molecule has 1 unspecified atom stereocenters. The fraction of sp³-hybridized carbons (Fsp3) is 0.889. The van der Waals surface area contributed by atoms with Gasteiger partial charge in [-0.3, -0.25) is 0 Å². The van der Waals surface area contributed by atoms with Crippen LogP contribution in [-0.2, 0) is 0 Å². The van der Waals surface area contributed by atoms with Crippen LogP contribution in [0.4, 0.5) is 0 Å². The third-order valence-corrected chi connectivity index (χ3v) is 3.83. The molecule has 0 aliphatic rings. The molecule has 1 N–H and O–H groups in total. The Morgan fingerprint density at radius 1 is 0.684 bits per heavy atom. The van der Waals surface area contributed by atoms with Gasteiger partial charge in [0.1, 0.15) is 6.11 Å². The van der Waals surface area contributed by atoms with Gasteiger partial charge in [0.2, 0.25) is 0 Å². The Balaban J connectivity index is 3.53. The van der Waals surface area contributed by atoms with E-state index in [0.29, 0.717) is 5.92 Å². The molecule has 0 aliphatic heterocycles. The molecule has 0 amide bonds. The van der Waals surface area contributed by atoms with E-state index < -0.39 is 0 Å². The third kappa shape index (κ3) is 13.6. The average Bonchev–Trinajstić information content (AvgIpc) is 2.42. The van der Waals surface area contributed by atoms with Gasteiger partial charge in [-0.15, -0.1) is 0 Å². The number of hydrogen-bond acceptors (Lipinski definition) is 1. The molecule has 0 rings (SSSR count). The first kappa shape index (κ1) is 18.4. The molecule has 112 valence electrons. The zero-order chi connectivity index (χ0) is 14.2. The van der Waals surface area contributed by atoms with Crippen molar-refractivity contribution in [3.63, 3.8) is 0 Å². The molecule has 19 heavy (non-hydrogen) atoms. The molecule has 1 nitrogen and oxygen atoms in total. The zero-order valence-corrected chi connectivity index (χ0v) is 13.2. The van der Waals surface area contributed by atoms with Crippen molar-refractivity contribution in [1.82, 2.24) is 0 Å². The standard InChI is InChI=1S/C18H34O/c1-3-5-7-9-11-13-15-18(16-17-19)14-12-10-8-6-4-2/h18-19H,3-15H2,1-2H3. The summed E-state index contributed by atoms with van der Waals surface area (Å²) in [6.45, 7) is 4.50. The maximum absolute atomic E-state index is 8.79. The second kappa shape index (κ2) is 15.4. The Labute approximate surface area is 121 Å². The van der Waals surface area contributed by atoms with Crippen LogP contribution in [0.1, 0.15) is 97.3 Å². The molecule has 0 saturated heterocycles. The van der Waals surface area contributed by atoms with Crippen molar-refractivity contribution < 1.29 is 5.11 Å². The van der Waals surface area contributed by atoms with Crippen molar-refractivity contribution in [3.05, 3.63) is 0 Å². The lowest BCUT2D eigenvalue weighted by Gasteiger charge is -2.10. The van der Waals surface area contributed by atoms with E-state index in [1.165, 1.54) is 83.5 Å². The number of aliphatic hydroxyl groups is 1. The van der Waals surface area contributed by atoms with Crippen LogP contribution in [0.5, 0.6) is 0 Å². The summed E-state index contributed by atoms with van der Waals surface area (Å²) in [5.41, 5.74) is 0. The Hall–Kier alpha value is -0.640. The van der Waals surface area contributed by atoms with Gasteiger partial charge in [-0.2, -0.15) is 0 Å². The number of hydrogen-bond donors (Lipinski definition) is 1. The molecule has 1 heteroatoms. The highest BCUT2D eigenvalue weighted by Gasteiger charge is 2.05. The van der Waals surface area contributed by atoms with Crippen LogP contribution >= 0.6 is 0 Å². The van der Waals surface area contributed by atoms with Crippen molar-refractivity contribution in [2.45, 2.75) is 97.3 Å². The fourth-order valence-electron chi connectivity index (χ4n) is 2.55. The van der Waals surface area contributed by atoms with Crippen molar-refractivity contribution in [3.8, 4) is 12.0 Å². The minimum atomic E-state index is 0.429. The van der Waals surface area contributed by atoms with Gasteiger partial charge in [0.15, 0.2) is 0 Å². The van der Waals surface area contributed by atoms with E-state index in [9.17, 15) is 0 Å². The normalized spacial score (nSPS) is 11.9. The number of rotatable bonds is 13. The molecule has 0 radical (unpaired) electrons. The van der Waals surface area contributed by atoms with Crippen molar-refractivity contribution >= 4 is 0 Å². The maximum atomic E-state index is 8.79.